The van der Waals surface area contributed by atoms with E-state index >= 15 is 0 Å². The summed E-state index contributed by atoms with van der Waals surface area (Å²) >= 11 is 6.02. The van der Waals surface area contributed by atoms with Crippen LogP contribution in [0.4, 0.5) is 15.9 Å². The van der Waals surface area contributed by atoms with Crippen LogP contribution in [0.1, 0.15) is 5.56 Å². The predicted molar refractivity (Wildman–Crippen MR) is 72.9 cm³/mol. The van der Waals surface area contributed by atoms with Crippen molar-refractivity contribution in [2.45, 2.75) is 6.42 Å². The zero-order valence-electron chi connectivity index (χ0n) is 10.3. The molecule has 3 heterocycles. The van der Waals surface area contributed by atoms with E-state index in [1.165, 1.54) is 18.5 Å². The summed E-state index contributed by atoms with van der Waals surface area (Å²) in [5.74, 6) is 0.907. The van der Waals surface area contributed by atoms with E-state index < -0.39 is 0 Å². The lowest BCUT2D eigenvalue weighted by Crippen LogP contribution is -2.17. The second-order valence-electron chi connectivity index (χ2n) is 4.58. The first kappa shape index (κ1) is 11.6. The molecule has 0 saturated heterocycles. The van der Waals surface area contributed by atoms with Crippen molar-refractivity contribution in [1.29, 1.82) is 0 Å². The van der Waals surface area contributed by atoms with Gasteiger partial charge in [0, 0.05) is 18.3 Å². The quantitative estimate of drug-likeness (QED) is 0.646. The second-order valence-corrected chi connectivity index (χ2v) is 4.97. The lowest BCUT2D eigenvalue weighted by molar-refractivity contribution is 0.628. The maximum atomic E-state index is 13.5. The minimum atomic E-state index is -0.259. The summed E-state index contributed by atoms with van der Waals surface area (Å²) < 4.78 is 15.1. The van der Waals surface area contributed by atoms with Crippen molar-refractivity contribution >= 4 is 28.9 Å². The Kier molecular flexibility index (Phi) is 2.40. The Labute approximate surface area is 118 Å². The van der Waals surface area contributed by atoms with Gasteiger partial charge < -0.3 is 4.90 Å². The van der Waals surface area contributed by atoms with E-state index in [0.29, 0.717) is 10.9 Å². The minimum Gasteiger partial charge on any atom is -0.325 e. The van der Waals surface area contributed by atoms with Crippen LogP contribution in [0.15, 0.2) is 30.6 Å². The molecule has 0 unspecified atom stereocenters. The van der Waals surface area contributed by atoms with E-state index in [4.69, 9.17) is 11.6 Å². The molecular formula is C13H9ClFN5. The van der Waals surface area contributed by atoms with E-state index in [2.05, 4.69) is 15.1 Å². The van der Waals surface area contributed by atoms with Gasteiger partial charge in [-0.05, 0) is 24.1 Å². The van der Waals surface area contributed by atoms with Crippen LogP contribution in [0.2, 0.25) is 5.15 Å². The highest BCUT2D eigenvalue weighted by atomic mass is 35.5. The Morgan fingerprint density at radius 2 is 2.15 bits per heavy atom. The molecule has 7 heteroatoms. The molecule has 0 radical (unpaired) electrons. The molecule has 0 saturated carbocycles. The topological polar surface area (TPSA) is 46.3 Å². The zero-order chi connectivity index (χ0) is 13.7. The monoisotopic (exact) mass is 289 g/mol. The van der Waals surface area contributed by atoms with E-state index in [0.717, 1.165) is 30.0 Å². The molecule has 0 fully saturated rings. The summed E-state index contributed by atoms with van der Waals surface area (Å²) in [5, 5.41) is 4.49. The highest BCUT2D eigenvalue weighted by Crippen LogP contribution is 2.35. The molecule has 0 spiro atoms. The first-order valence-electron chi connectivity index (χ1n) is 6.14. The van der Waals surface area contributed by atoms with Gasteiger partial charge in [-0.2, -0.15) is 19.6 Å². The summed E-state index contributed by atoms with van der Waals surface area (Å²) in [6.07, 6.45) is 2.27. The molecule has 1 aliphatic heterocycles. The lowest BCUT2D eigenvalue weighted by atomic mass is 10.2. The first-order valence-corrected chi connectivity index (χ1v) is 6.52. The molecule has 4 rings (SSSR count). The fourth-order valence-corrected chi connectivity index (χ4v) is 2.72. The summed E-state index contributed by atoms with van der Waals surface area (Å²) in [5.41, 5.74) is 1.94. The molecular weight excluding hydrogens is 281 g/mol. The number of aromatic nitrogens is 4. The largest absolute Gasteiger partial charge is 0.325 e. The van der Waals surface area contributed by atoms with Gasteiger partial charge in [0.15, 0.2) is 0 Å². The van der Waals surface area contributed by atoms with Gasteiger partial charge >= 0.3 is 0 Å². The normalized spacial score (nSPS) is 14.0. The van der Waals surface area contributed by atoms with Crippen molar-refractivity contribution in [3.05, 3.63) is 47.1 Å². The molecule has 5 nitrogen and oxygen atoms in total. The third-order valence-corrected chi connectivity index (χ3v) is 3.61. The number of rotatable bonds is 1. The lowest BCUT2D eigenvalue weighted by Gasteiger charge is -2.20. The Balaban J connectivity index is 1.94. The van der Waals surface area contributed by atoms with E-state index in [-0.39, 0.29) is 5.82 Å². The van der Waals surface area contributed by atoms with Gasteiger partial charge in [-0.25, -0.2) is 4.39 Å². The molecule has 100 valence electrons. The summed E-state index contributed by atoms with van der Waals surface area (Å²) in [7, 11) is 0. The van der Waals surface area contributed by atoms with Gasteiger partial charge in [0.2, 0.25) is 0 Å². The highest BCUT2D eigenvalue weighted by molar-refractivity contribution is 6.29. The average Bonchev–Trinajstić information content (AvgIpc) is 3.03. The Morgan fingerprint density at radius 3 is 3.05 bits per heavy atom. The zero-order valence-corrected chi connectivity index (χ0v) is 11.0. The molecule has 1 aliphatic rings. The van der Waals surface area contributed by atoms with Crippen LogP contribution >= 0.6 is 11.6 Å². The van der Waals surface area contributed by atoms with Crippen LogP contribution in [-0.2, 0) is 6.42 Å². The molecule has 0 bridgehead atoms. The van der Waals surface area contributed by atoms with Crippen LogP contribution < -0.4 is 4.90 Å². The highest BCUT2D eigenvalue weighted by Gasteiger charge is 2.24. The SMILES string of the molecule is Fc1ccc2c(c1)N(c1cc(Cl)nc3ncnn13)CC2. The molecule has 3 aromatic rings. The minimum absolute atomic E-state index is 0.259. The molecule has 0 atom stereocenters. The van der Waals surface area contributed by atoms with Crippen molar-refractivity contribution < 1.29 is 4.39 Å². The van der Waals surface area contributed by atoms with Crippen molar-refractivity contribution in [3.63, 3.8) is 0 Å². The Morgan fingerprint density at radius 1 is 1.25 bits per heavy atom. The van der Waals surface area contributed by atoms with Crippen LogP contribution in [0.3, 0.4) is 0 Å². The Hall–Kier alpha value is -2.21. The molecule has 2 aromatic heterocycles. The van der Waals surface area contributed by atoms with Gasteiger partial charge in [0.25, 0.3) is 5.78 Å². The van der Waals surface area contributed by atoms with Crippen LogP contribution in [0.25, 0.3) is 5.78 Å². The van der Waals surface area contributed by atoms with E-state index in [1.807, 2.05) is 11.0 Å². The fourth-order valence-electron chi connectivity index (χ4n) is 2.55. The first-order chi connectivity index (χ1) is 9.72. The smallest absolute Gasteiger partial charge is 0.255 e. The summed E-state index contributed by atoms with van der Waals surface area (Å²) in [6.45, 7) is 0.744. The summed E-state index contributed by atoms with van der Waals surface area (Å²) in [4.78, 5) is 10.1. The number of hydrogen-bond acceptors (Lipinski definition) is 4. The average molecular weight is 290 g/mol. The molecule has 1 aromatic carbocycles. The number of nitrogens with zero attached hydrogens (tertiary/aromatic N) is 5. The maximum absolute atomic E-state index is 13.5. The number of halogens is 2. The van der Waals surface area contributed by atoms with Gasteiger partial charge in [0.1, 0.15) is 23.1 Å². The maximum Gasteiger partial charge on any atom is 0.255 e. The van der Waals surface area contributed by atoms with Gasteiger partial charge in [-0.3, -0.25) is 0 Å². The number of hydrogen-bond donors (Lipinski definition) is 0. The Bertz CT molecular complexity index is 816. The van der Waals surface area contributed by atoms with Crippen molar-refractivity contribution in [2.75, 3.05) is 11.4 Å². The molecule has 20 heavy (non-hydrogen) atoms. The third-order valence-electron chi connectivity index (χ3n) is 3.42. The molecule has 0 aliphatic carbocycles. The number of benzene rings is 1. The standard InChI is InChI=1S/C13H9ClFN5/c14-11-6-12(20-13(18-11)16-7-17-20)19-4-3-8-1-2-9(15)5-10(8)19/h1-2,5-7H,3-4H2. The predicted octanol–water partition coefficient (Wildman–Crippen LogP) is 2.61. The third kappa shape index (κ3) is 1.65. The molecule has 0 N–H and O–H groups in total. The fraction of sp³-hybridized carbons (Fsp3) is 0.154. The van der Waals surface area contributed by atoms with Crippen molar-refractivity contribution in [2.24, 2.45) is 0 Å². The van der Waals surface area contributed by atoms with Crippen LogP contribution in [-0.4, -0.2) is 26.1 Å². The number of fused-ring (bicyclic) bond motifs is 2. The van der Waals surface area contributed by atoms with Gasteiger partial charge in [0.05, 0.1) is 0 Å². The molecule has 0 amide bonds. The van der Waals surface area contributed by atoms with Gasteiger partial charge in [-0.1, -0.05) is 17.7 Å². The van der Waals surface area contributed by atoms with Gasteiger partial charge in [-0.15, -0.1) is 0 Å². The van der Waals surface area contributed by atoms with Crippen molar-refractivity contribution in [1.82, 2.24) is 19.6 Å². The van der Waals surface area contributed by atoms with E-state index in [1.54, 1.807) is 10.6 Å². The second kappa shape index (κ2) is 4.14. The van der Waals surface area contributed by atoms with Crippen molar-refractivity contribution in [3.8, 4) is 0 Å². The number of anilines is 2. The van der Waals surface area contributed by atoms with Crippen LogP contribution in [0, 0.1) is 5.82 Å². The van der Waals surface area contributed by atoms with E-state index in [9.17, 15) is 4.39 Å². The van der Waals surface area contributed by atoms with Crippen LogP contribution in [0.5, 0.6) is 0 Å². The summed E-state index contributed by atoms with van der Waals surface area (Å²) in [6, 6.07) is 6.53.